The number of nitrogens with two attached hydrogens (primary N) is 1. The molecule has 0 radical (unpaired) electrons. The Morgan fingerprint density at radius 1 is 1.53 bits per heavy atom. The maximum Gasteiger partial charge on any atom is 0.0670 e. The number of benzene rings is 1. The van der Waals surface area contributed by atoms with Crippen LogP contribution in [0.1, 0.15) is 12.0 Å². The molecule has 1 unspecified atom stereocenters. The molecule has 1 saturated heterocycles. The molecule has 1 fully saturated rings. The van der Waals surface area contributed by atoms with Crippen LogP contribution in [0.5, 0.6) is 0 Å². The predicted octanol–water partition coefficient (Wildman–Crippen LogP) is 2.07. The lowest BCUT2D eigenvalue weighted by Crippen LogP contribution is -2.32. The van der Waals surface area contributed by atoms with Gasteiger partial charge in [-0.15, -0.1) is 0 Å². The molecule has 0 amide bonds. The molecular weight excluding hydrogens is 236 g/mol. The zero-order valence-electron chi connectivity index (χ0n) is 10.2. The Balaban J connectivity index is 2.23. The number of hydrogen-bond donors (Lipinski definition) is 1. The second kappa shape index (κ2) is 5.71. The maximum absolute atomic E-state index is 6.03. The number of hydrogen-bond acceptors (Lipinski definition) is 3. The second-order valence-corrected chi connectivity index (χ2v) is 4.88. The molecule has 0 saturated carbocycles. The molecule has 0 spiro atoms. The highest BCUT2D eigenvalue weighted by molar-refractivity contribution is 6.30. The van der Waals surface area contributed by atoms with Crippen molar-refractivity contribution >= 4 is 17.3 Å². The lowest BCUT2D eigenvalue weighted by molar-refractivity contribution is 0.193. The van der Waals surface area contributed by atoms with Gasteiger partial charge in [0.05, 0.1) is 12.6 Å². The number of likely N-dealkylation sites (N-methyl/N-ethyl adjacent to an activating group) is 1. The summed E-state index contributed by atoms with van der Waals surface area (Å²) < 4.78 is 5.43. The number of halogens is 1. The van der Waals surface area contributed by atoms with Crippen molar-refractivity contribution in [1.82, 2.24) is 0 Å². The summed E-state index contributed by atoms with van der Waals surface area (Å²) in [6, 6.07) is 6.48. The Morgan fingerprint density at radius 3 is 3.00 bits per heavy atom. The first-order valence-electron chi connectivity index (χ1n) is 6.01. The van der Waals surface area contributed by atoms with E-state index in [1.165, 1.54) is 11.3 Å². The van der Waals surface area contributed by atoms with E-state index < -0.39 is 0 Å². The van der Waals surface area contributed by atoms with E-state index in [1.54, 1.807) is 0 Å². The summed E-state index contributed by atoms with van der Waals surface area (Å²) in [6.45, 7) is 2.30. The fourth-order valence-corrected chi connectivity index (χ4v) is 2.47. The minimum Gasteiger partial charge on any atom is -0.379 e. The van der Waals surface area contributed by atoms with Crippen LogP contribution in [-0.2, 0) is 11.2 Å². The van der Waals surface area contributed by atoms with E-state index in [9.17, 15) is 0 Å². The highest BCUT2D eigenvalue weighted by Gasteiger charge is 2.22. The third kappa shape index (κ3) is 2.92. The van der Waals surface area contributed by atoms with Crippen LogP contribution >= 0.6 is 11.6 Å². The molecule has 17 heavy (non-hydrogen) atoms. The van der Waals surface area contributed by atoms with Crippen molar-refractivity contribution in [2.45, 2.75) is 18.9 Å². The Morgan fingerprint density at radius 2 is 2.35 bits per heavy atom. The highest BCUT2D eigenvalue weighted by atomic mass is 35.5. The van der Waals surface area contributed by atoms with Crippen LogP contribution in [0.2, 0.25) is 5.02 Å². The zero-order valence-corrected chi connectivity index (χ0v) is 10.9. The summed E-state index contributed by atoms with van der Waals surface area (Å²) in [4.78, 5) is 2.29. The molecule has 0 aliphatic carbocycles. The molecule has 3 nitrogen and oxygen atoms in total. The molecule has 1 aliphatic heterocycles. The maximum atomic E-state index is 6.03. The van der Waals surface area contributed by atoms with E-state index in [0.29, 0.717) is 12.6 Å². The molecule has 4 heteroatoms. The summed E-state index contributed by atoms with van der Waals surface area (Å²) in [6.07, 6.45) is 1.94. The monoisotopic (exact) mass is 254 g/mol. The quantitative estimate of drug-likeness (QED) is 0.894. The first kappa shape index (κ1) is 12.7. The molecule has 0 bridgehead atoms. The molecule has 2 N–H and O–H groups in total. The number of rotatable bonds is 4. The molecule has 1 aliphatic rings. The van der Waals surface area contributed by atoms with Crippen molar-refractivity contribution in [2.24, 2.45) is 5.73 Å². The normalized spacial score (nSPS) is 19.6. The highest BCUT2D eigenvalue weighted by Crippen LogP contribution is 2.27. The fraction of sp³-hybridized carbons (Fsp3) is 0.538. The van der Waals surface area contributed by atoms with Crippen LogP contribution in [0.3, 0.4) is 0 Å². The molecule has 1 heterocycles. The molecule has 94 valence electrons. The summed E-state index contributed by atoms with van der Waals surface area (Å²) in [5.74, 6) is 0. The molecule has 1 aromatic carbocycles. The molecule has 1 atom stereocenters. The minimum absolute atomic E-state index is 0.465. The Bertz CT molecular complexity index is 378. The van der Waals surface area contributed by atoms with E-state index in [1.807, 2.05) is 12.1 Å². The first-order valence-corrected chi connectivity index (χ1v) is 6.39. The van der Waals surface area contributed by atoms with Crippen molar-refractivity contribution in [2.75, 3.05) is 31.7 Å². The van der Waals surface area contributed by atoms with Crippen LogP contribution < -0.4 is 10.6 Å². The third-order valence-corrected chi connectivity index (χ3v) is 3.52. The van der Waals surface area contributed by atoms with Crippen molar-refractivity contribution in [1.29, 1.82) is 0 Å². The van der Waals surface area contributed by atoms with Gasteiger partial charge in [-0.1, -0.05) is 11.6 Å². The van der Waals surface area contributed by atoms with Gasteiger partial charge in [0.15, 0.2) is 0 Å². The van der Waals surface area contributed by atoms with E-state index in [0.717, 1.165) is 31.1 Å². The average Bonchev–Trinajstić information content (AvgIpc) is 2.82. The zero-order chi connectivity index (χ0) is 12.3. The van der Waals surface area contributed by atoms with E-state index >= 15 is 0 Å². The van der Waals surface area contributed by atoms with Gasteiger partial charge in [-0.05, 0) is 43.1 Å². The summed E-state index contributed by atoms with van der Waals surface area (Å²) in [7, 11) is 2.11. The van der Waals surface area contributed by atoms with Crippen molar-refractivity contribution in [3.63, 3.8) is 0 Å². The first-order chi connectivity index (χ1) is 8.22. The number of ether oxygens (including phenoxy) is 1. The molecule has 1 aromatic rings. The standard InChI is InChI=1S/C13H19ClN2O/c1-16(12-5-7-17-9-12)13-3-2-11(14)8-10(13)4-6-15/h2-3,8,12H,4-7,9,15H2,1H3. The lowest BCUT2D eigenvalue weighted by Gasteiger charge is -2.27. The Labute approximate surface area is 107 Å². The SMILES string of the molecule is CN(c1ccc(Cl)cc1CCN)C1CCOC1. The van der Waals surface area contributed by atoms with Gasteiger partial charge in [-0.2, -0.15) is 0 Å². The molecular formula is C13H19ClN2O. The van der Waals surface area contributed by atoms with Gasteiger partial charge in [-0.3, -0.25) is 0 Å². The minimum atomic E-state index is 0.465. The second-order valence-electron chi connectivity index (χ2n) is 4.44. The van der Waals surface area contributed by atoms with Crippen LogP contribution in [-0.4, -0.2) is 32.8 Å². The van der Waals surface area contributed by atoms with Gasteiger partial charge in [0.25, 0.3) is 0 Å². The van der Waals surface area contributed by atoms with E-state index in [4.69, 9.17) is 22.1 Å². The number of nitrogens with zero attached hydrogens (tertiary/aromatic N) is 1. The Hall–Kier alpha value is -0.770. The molecule has 2 rings (SSSR count). The average molecular weight is 255 g/mol. The molecule has 0 aromatic heterocycles. The Kier molecular flexibility index (Phi) is 4.26. The van der Waals surface area contributed by atoms with Crippen LogP contribution in [0.25, 0.3) is 0 Å². The fourth-order valence-electron chi connectivity index (χ4n) is 2.28. The third-order valence-electron chi connectivity index (χ3n) is 3.29. The summed E-state index contributed by atoms with van der Waals surface area (Å²) >= 11 is 6.03. The van der Waals surface area contributed by atoms with Crippen molar-refractivity contribution in [3.8, 4) is 0 Å². The van der Waals surface area contributed by atoms with E-state index in [2.05, 4.69) is 18.0 Å². The van der Waals surface area contributed by atoms with Gasteiger partial charge >= 0.3 is 0 Å². The topological polar surface area (TPSA) is 38.5 Å². The van der Waals surface area contributed by atoms with Crippen molar-refractivity contribution in [3.05, 3.63) is 28.8 Å². The predicted molar refractivity (Wildman–Crippen MR) is 71.8 cm³/mol. The lowest BCUT2D eigenvalue weighted by atomic mass is 10.1. The van der Waals surface area contributed by atoms with Gasteiger partial charge in [0.1, 0.15) is 0 Å². The van der Waals surface area contributed by atoms with Gasteiger partial charge in [-0.25, -0.2) is 0 Å². The van der Waals surface area contributed by atoms with Crippen LogP contribution in [0.15, 0.2) is 18.2 Å². The smallest absolute Gasteiger partial charge is 0.0670 e. The van der Waals surface area contributed by atoms with Gasteiger partial charge in [0, 0.05) is 24.4 Å². The van der Waals surface area contributed by atoms with Gasteiger partial charge < -0.3 is 15.4 Å². The van der Waals surface area contributed by atoms with Gasteiger partial charge in [0.2, 0.25) is 0 Å². The largest absolute Gasteiger partial charge is 0.379 e. The van der Waals surface area contributed by atoms with Crippen molar-refractivity contribution < 1.29 is 4.74 Å². The van der Waals surface area contributed by atoms with E-state index in [-0.39, 0.29) is 0 Å². The number of anilines is 1. The summed E-state index contributed by atoms with van der Waals surface area (Å²) in [5.41, 5.74) is 8.08. The van der Waals surface area contributed by atoms with Crippen LogP contribution in [0, 0.1) is 0 Å². The van der Waals surface area contributed by atoms with Crippen LogP contribution in [0.4, 0.5) is 5.69 Å². The summed E-state index contributed by atoms with van der Waals surface area (Å²) in [5, 5.41) is 0.772.